The van der Waals surface area contributed by atoms with Gasteiger partial charge in [0.15, 0.2) is 5.76 Å². The van der Waals surface area contributed by atoms with Gasteiger partial charge in [-0.3, -0.25) is 4.79 Å². The van der Waals surface area contributed by atoms with E-state index in [-0.39, 0.29) is 28.0 Å². The van der Waals surface area contributed by atoms with Crippen molar-refractivity contribution in [3.8, 4) is 0 Å². The van der Waals surface area contributed by atoms with Crippen LogP contribution in [0.25, 0.3) is 11.0 Å². The van der Waals surface area contributed by atoms with E-state index in [4.69, 9.17) is 20.8 Å². The average Bonchev–Trinajstić information content (AvgIpc) is 3.09. The fourth-order valence-corrected chi connectivity index (χ4v) is 4.87. The van der Waals surface area contributed by atoms with Crippen molar-refractivity contribution in [1.29, 1.82) is 0 Å². The third kappa shape index (κ3) is 4.22. The SMILES string of the molecule is CCN(CC)S(=O)(=O)c1ccc(Cl)c(NC(=O)c2oc3ccccc3c2COC)c1. The van der Waals surface area contributed by atoms with Crippen LogP contribution in [0.4, 0.5) is 5.69 Å². The summed E-state index contributed by atoms with van der Waals surface area (Å²) in [5.41, 5.74) is 1.34. The third-order valence-corrected chi connectivity index (χ3v) is 7.10. The molecule has 0 radical (unpaired) electrons. The Bertz CT molecular complexity index is 1170. The number of anilines is 1. The summed E-state index contributed by atoms with van der Waals surface area (Å²) in [5, 5.41) is 3.66. The number of amides is 1. The number of sulfonamides is 1. The van der Waals surface area contributed by atoms with Gasteiger partial charge < -0.3 is 14.5 Å². The van der Waals surface area contributed by atoms with Crippen molar-refractivity contribution in [2.24, 2.45) is 0 Å². The molecule has 3 aromatic rings. The van der Waals surface area contributed by atoms with Crippen molar-refractivity contribution in [2.45, 2.75) is 25.3 Å². The number of halogens is 1. The van der Waals surface area contributed by atoms with E-state index < -0.39 is 15.9 Å². The van der Waals surface area contributed by atoms with Crippen LogP contribution in [0.2, 0.25) is 5.02 Å². The quantitative estimate of drug-likeness (QED) is 0.545. The van der Waals surface area contributed by atoms with Crippen LogP contribution in [0, 0.1) is 0 Å². The minimum atomic E-state index is -3.70. The number of rotatable bonds is 8. The maximum absolute atomic E-state index is 13.0. The molecule has 1 aromatic heterocycles. The molecule has 0 saturated heterocycles. The second kappa shape index (κ2) is 9.18. The van der Waals surface area contributed by atoms with Crippen LogP contribution in [0.1, 0.15) is 30.0 Å². The van der Waals surface area contributed by atoms with Gasteiger partial charge in [0.2, 0.25) is 10.0 Å². The standard InChI is InChI=1S/C21H23ClN2O5S/c1-4-24(5-2)30(26,27)14-10-11-17(22)18(12-14)23-21(25)20-16(13-28-3)15-8-6-7-9-19(15)29-20/h6-12H,4-5,13H2,1-3H3,(H,23,25). The molecule has 3 rings (SSSR count). The zero-order chi connectivity index (χ0) is 21.9. The van der Waals surface area contributed by atoms with Gasteiger partial charge in [0.05, 0.1) is 22.2 Å². The molecular formula is C21H23ClN2O5S. The Hall–Kier alpha value is -2.39. The van der Waals surface area contributed by atoms with E-state index in [2.05, 4.69) is 5.32 Å². The van der Waals surface area contributed by atoms with Crippen molar-refractivity contribution in [1.82, 2.24) is 4.31 Å². The number of ether oxygens (including phenoxy) is 1. The highest BCUT2D eigenvalue weighted by atomic mass is 35.5. The molecule has 9 heteroatoms. The van der Waals surface area contributed by atoms with Gasteiger partial charge in [0.25, 0.3) is 5.91 Å². The van der Waals surface area contributed by atoms with E-state index >= 15 is 0 Å². The molecule has 1 N–H and O–H groups in total. The topological polar surface area (TPSA) is 88.9 Å². The first-order valence-corrected chi connectivity index (χ1v) is 11.3. The molecule has 2 aromatic carbocycles. The van der Waals surface area contributed by atoms with Crippen LogP contribution in [-0.4, -0.2) is 38.8 Å². The van der Waals surface area contributed by atoms with Gasteiger partial charge in [-0.25, -0.2) is 8.42 Å². The predicted molar refractivity (Wildman–Crippen MR) is 116 cm³/mol. The highest BCUT2D eigenvalue weighted by molar-refractivity contribution is 7.89. The summed E-state index contributed by atoms with van der Waals surface area (Å²) in [4.78, 5) is 13.0. The minimum absolute atomic E-state index is 0.0487. The molecule has 0 unspecified atom stereocenters. The Morgan fingerprint density at radius 2 is 1.87 bits per heavy atom. The van der Waals surface area contributed by atoms with Crippen molar-refractivity contribution >= 4 is 44.2 Å². The summed E-state index contributed by atoms with van der Waals surface area (Å²) < 4.78 is 37.9. The first-order valence-electron chi connectivity index (χ1n) is 9.43. The van der Waals surface area contributed by atoms with Gasteiger partial charge in [-0.15, -0.1) is 0 Å². The van der Waals surface area contributed by atoms with Crippen LogP contribution in [0.5, 0.6) is 0 Å². The molecule has 1 amide bonds. The lowest BCUT2D eigenvalue weighted by molar-refractivity contribution is 0.0992. The fraction of sp³-hybridized carbons (Fsp3) is 0.286. The highest BCUT2D eigenvalue weighted by Gasteiger charge is 2.25. The molecule has 0 aliphatic rings. The minimum Gasteiger partial charge on any atom is -0.451 e. The van der Waals surface area contributed by atoms with Gasteiger partial charge in [0, 0.05) is 31.1 Å². The van der Waals surface area contributed by atoms with Gasteiger partial charge in [-0.1, -0.05) is 43.6 Å². The molecule has 1 heterocycles. The number of carbonyl (C=O) groups is 1. The van der Waals surface area contributed by atoms with E-state index in [1.165, 1.54) is 29.6 Å². The van der Waals surface area contributed by atoms with E-state index in [0.29, 0.717) is 24.2 Å². The second-order valence-corrected chi connectivity index (χ2v) is 8.87. The fourth-order valence-electron chi connectivity index (χ4n) is 3.22. The van der Waals surface area contributed by atoms with Crippen molar-refractivity contribution in [2.75, 3.05) is 25.5 Å². The monoisotopic (exact) mass is 450 g/mol. The molecule has 0 saturated carbocycles. The van der Waals surface area contributed by atoms with Gasteiger partial charge in [-0.2, -0.15) is 4.31 Å². The van der Waals surface area contributed by atoms with Crippen molar-refractivity contribution in [3.63, 3.8) is 0 Å². The normalized spacial score (nSPS) is 11.9. The molecule has 30 heavy (non-hydrogen) atoms. The van der Waals surface area contributed by atoms with Gasteiger partial charge in [0.1, 0.15) is 5.58 Å². The maximum Gasteiger partial charge on any atom is 0.291 e. The number of furan rings is 1. The molecule has 0 bridgehead atoms. The third-order valence-electron chi connectivity index (χ3n) is 4.72. The predicted octanol–water partition coefficient (Wildman–Crippen LogP) is 4.52. The first kappa shape index (κ1) is 22.3. The van der Waals surface area contributed by atoms with E-state index in [0.717, 1.165) is 5.39 Å². The van der Waals surface area contributed by atoms with Gasteiger partial charge in [-0.05, 0) is 24.3 Å². The largest absolute Gasteiger partial charge is 0.451 e. The van der Waals surface area contributed by atoms with Crippen LogP contribution in [0.3, 0.4) is 0 Å². The Morgan fingerprint density at radius 3 is 2.53 bits per heavy atom. The number of methoxy groups -OCH3 is 1. The summed E-state index contributed by atoms with van der Waals surface area (Å²) in [7, 11) is -2.17. The first-order chi connectivity index (χ1) is 14.3. The summed E-state index contributed by atoms with van der Waals surface area (Å²) in [5.74, 6) is -0.455. The number of nitrogens with one attached hydrogen (secondary N) is 1. The second-order valence-electron chi connectivity index (χ2n) is 6.52. The van der Waals surface area contributed by atoms with Crippen LogP contribution >= 0.6 is 11.6 Å². The molecule has 0 fully saturated rings. The molecule has 0 aliphatic carbocycles. The summed E-state index contributed by atoms with van der Waals surface area (Å²) in [6, 6.07) is 11.5. The number of fused-ring (bicyclic) bond motifs is 1. The number of nitrogens with zero attached hydrogens (tertiary/aromatic N) is 1. The van der Waals surface area contributed by atoms with Crippen LogP contribution < -0.4 is 5.32 Å². The van der Waals surface area contributed by atoms with Crippen LogP contribution in [0.15, 0.2) is 51.8 Å². The zero-order valence-corrected chi connectivity index (χ0v) is 18.5. The zero-order valence-electron chi connectivity index (χ0n) is 16.9. The Morgan fingerprint density at radius 1 is 1.17 bits per heavy atom. The summed E-state index contributed by atoms with van der Waals surface area (Å²) >= 11 is 6.23. The summed E-state index contributed by atoms with van der Waals surface area (Å²) in [6.45, 7) is 4.38. The van der Waals surface area contributed by atoms with Crippen molar-refractivity contribution in [3.05, 3.63) is 58.8 Å². The van der Waals surface area contributed by atoms with E-state index in [1.807, 2.05) is 18.2 Å². The number of hydrogen-bond donors (Lipinski definition) is 1. The molecule has 0 atom stereocenters. The summed E-state index contributed by atoms with van der Waals surface area (Å²) in [6.07, 6.45) is 0. The average molecular weight is 451 g/mol. The van der Waals surface area contributed by atoms with Crippen molar-refractivity contribution < 1.29 is 22.4 Å². The Balaban J connectivity index is 1.98. The number of benzene rings is 2. The van der Waals surface area contributed by atoms with E-state index in [1.54, 1.807) is 19.9 Å². The number of carbonyl (C=O) groups excluding carboxylic acids is 1. The molecular weight excluding hydrogens is 428 g/mol. The molecule has 160 valence electrons. The molecule has 7 nitrogen and oxygen atoms in total. The Labute approximate surface area is 180 Å². The number of hydrogen-bond acceptors (Lipinski definition) is 5. The van der Waals surface area contributed by atoms with Crippen LogP contribution in [-0.2, 0) is 21.4 Å². The highest BCUT2D eigenvalue weighted by Crippen LogP contribution is 2.30. The maximum atomic E-state index is 13.0. The van der Waals surface area contributed by atoms with Gasteiger partial charge >= 0.3 is 0 Å². The smallest absolute Gasteiger partial charge is 0.291 e. The Kier molecular flexibility index (Phi) is 6.82. The molecule has 0 spiro atoms. The molecule has 0 aliphatic heterocycles. The lowest BCUT2D eigenvalue weighted by atomic mass is 10.1. The lowest BCUT2D eigenvalue weighted by Crippen LogP contribution is -2.30. The lowest BCUT2D eigenvalue weighted by Gasteiger charge is -2.19. The number of para-hydroxylation sites is 1. The van der Waals surface area contributed by atoms with E-state index in [9.17, 15) is 13.2 Å².